The number of hydrogen-bond donors (Lipinski definition) is 0. The van der Waals surface area contributed by atoms with Gasteiger partial charge in [0.05, 0.1) is 5.69 Å². The maximum atomic E-state index is 2.85. The fourth-order valence-electron chi connectivity index (χ4n) is 14.5. The second kappa shape index (κ2) is 15.2. The molecule has 0 unspecified atom stereocenters. The minimum atomic E-state index is 0.0617. The van der Waals surface area contributed by atoms with E-state index in [1.54, 1.807) is 16.7 Å². The summed E-state index contributed by atoms with van der Waals surface area (Å²) in [4.78, 5) is 8.47. The summed E-state index contributed by atoms with van der Waals surface area (Å²) in [6.07, 6.45) is 9.29. The van der Waals surface area contributed by atoms with Crippen molar-refractivity contribution in [3.63, 3.8) is 0 Å². The lowest BCUT2D eigenvalue weighted by Gasteiger charge is -2.50. The zero-order chi connectivity index (χ0) is 48.3. The third kappa shape index (κ3) is 6.40. The fraction of sp³-hybridized carbons (Fsp3) is 0.333. The molecule has 5 heterocycles. The molecule has 0 fully saturated rings. The number of anilines is 7. The fourth-order valence-corrected chi connectivity index (χ4v) is 15.8. The summed E-state index contributed by atoms with van der Waals surface area (Å²) in [5, 5.41) is 1.35. The minimum Gasteiger partial charge on any atom is -0.371 e. The number of rotatable bonds is 4. The normalized spacial score (nSPS) is 19.3. The summed E-state index contributed by atoms with van der Waals surface area (Å²) in [5.41, 5.74) is 27.3. The van der Waals surface area contributed by atoms with Crippen LogP contribution in [0.25, 0.3) is 32.3 Å². The molecule has 0 amide bonds. The zero-order valence-corrected chi connectivity index (χ0v) is 43.9. The first kappa shape index (κ1) is 43.7. The van der Waals surface area contributed by atoms with Crippen molar-refractivity contribution in [3.05, 3.63) is 167 Å². The molecule has 8 aromatic rings. The molecule has 14 rings (SSSR count). The first-order chi connectivity index (χ1) is 34.2. The Balaban J connectivity index is 1.15. The molecular formula is C66H66BN3S. The van der Waals surface area contributed by atoms with Crippen LogP contribution < -0.4 is 30.4 Å². The molecule has 2 aliphatic carbocycles. The number of hydrogen-bond acceptors (Lipinski definition) is 4. The minimum absolute atomic E-state index is 0.0617. The van der Waals surface area contributed by atoms with Gasteiger partial charge >= 0.3 is 0 Å². The molecule has 0 atom stereocenters. The SMILES string of the molecule is CC1(C)CCC(C)(C)c2cc(N3c4cc5c(cc4B4c6sc7ccccc7c6N(c6cc(-c7ccccc7)cc(-c7ccccc7)c6)c6c7c8c(c3c64)CCCN8CCC7)C(C)(C)CCC5(C)C)ccc21. The van der Waals surface area contributed by atoms with Crippen LogP contribution in [0.2, 0.25) is 0 Å². The van der Waals surface area contributed by atoms with Crippen LogP contribution in [0.3, 0.4) is 0 Å². The maximum absolute atomic E-state index is 2.85. The van der Waals surface area contributed by atoms with Crippen LogP contribution in [0.5, 0.6) is 0 Å². The molecular weight excluding hydrogens is 878 g/mol. The van der Waals surface area contributed by atoms with Crippen molar-refractivity contribution in [2.45, 2.75) is 128 Å². The van der Waals surface area contributed by atoms with Gasteiger partial charge in [-0.2, -0.15) is 0 Å². The predicted octanol–water partition coefficient (Wildman–Crippen LogP) is 15.7. The van der Waals surface area contributed by atoms with Gasteiger partial charge in [-0.05, 0) is 182 Å². The first-order valence-electron chi connectivity index (χ1n) is 26.9. The van der Waals surface area contributed by atoms with Crippen molar-refractivity contribution < 1.29 is 0 Å². The Bertz CT molecular complexity index is 3460. The number of fused-ring (bicyclic) bond motifs is 10. The lowest BCUT2D eigenvalue weighted by Crippen LogP contribution is -2.62. The van der Waals surface area contributed by atoms with Gasteiger partial charge in [0.1, 0.15) is 0 Å². The Labute approximate surface area is 426 Å². The molecule has 0 spiro atoms. The average molecular weight is 944 g/mol. The van der Waals surface area contributed by atoms with Gasteiger partial charge in [0.15, 0.2) is 0 Å². The summed E-state index contributed by atoms with van der Waals surface area (Å²) in [5.74, 6) is 0. The Morgan fingerprint density at radius 3 is 1.61 bits per heavy atom. The molecule has 0 saturated carbocycles. The van der Waals surface area contributed by atoms with Crippen LogP contribution in [0, 0.1) is 0 Å². The van der Waals surface area contributed by atoms with Crippen LogP contribution in [0.15, 0.2) is 133 Å². The standard InChI is InChI=1S/C66H66BN3S/c1-63(2)29-30-64(3,4)51-38-45(27-28-50(51)63)69-55-40-53-52(65(5,6)31-32-66(53,7)8)39-54(55)67-57-59(69)48-24-17-33-68-34-18-25-49(58(48)68)60(57)70(61-47-23-15-16-26-56(47)71-62(61)67)46-36-43(41-19-11-9-12-20-41)35-44(37-46)42-21-13-10-14-22-42/h9-16,19-23,26-28,35-40H,17-18,24-25,29-34H2,1-8H3. The van der Waals surface area contributed by atoms with E-state index in [0.717, 1.165) is 25.9 Å². The maximum Gasteiger partial charge on any atom is 0.264 e. The molecule has 5 heteroatoms. The van der Waals surface area contributed by atoms with Gasteiger partial charge in [-0.15, -0.1) is 11.3 Å². The predicted molar refractivity (Wildman–Crippen MR) is 306 cm³/mol. The van der Waals surface area contributed by atoms with Gasteiger partial charge in [-0.1, -0.05) is 146 Å². The molecule has 7 aromatic carbocycles. The third-order valence-electron chi connectivity index (χ3n) is 18.5. The van der Waals surface area contributed by atoms with Crippen molar-refractivity contribution in [3.8, 4) is 22.3 Å². The van der Waals surface area contributed by atoms with Crippen LogP contribution in [0.1, 0.15) is 127 Å². The van der Waals surface area contributed by atoms with E-state index >= 15 is 0 Å². The number of benzene rings is 7. The van der Waals surface area contributed by atoms with Gasteiger partial charge in [0.2, 0.25) is 0 Å². The summed E-state index contributed by atoms with van der Waals surface area (Å²) in [6.45, 7) is 22.3. The lowest BCUT2D eigenvalue weighted by atomic mass is 9.35. The highest BCUT2D eigenvalue weighted by Gasteiger charge is 2.51. The largest absolute Gasteiger partial charge is 0.371 e. The summed E-state index contributed by atoms with van der Waals surface area (Å²) in [7, 11) is 0. The molecule has 0 bridgehead atoms. The highest BCUT2D eigenvalue weighted by molar-refractivity contribution is 7.33. The van der Waals surface area contributed by atoms with Crippen LogP contribution >= 0.6 is 11.3 Å². The highest BCUT2D eigenvalue weighted by atomic mass is 32.1. The second-order valence-electron chi connectivity index (χ2n) is 24.7. The van der Waals surface area contributed by atoms with E-state index in [-0.39, 0.29) is 28.4 Å². The molecule has 4 aliphatic heterocycles. The molecule has 0 N–H and O–H groups in total. The van der Waals surface area contributed by atoms with E-state index in [1.165, 1.54) is 143 Å². The Hall–Kier alpha value is -6.04. The molecule has 71 heavy (non-hydrogen) atoms. The first-order valence-corrected chi connectivity index (χ1v) is 27.7. The van der Waals surface area contributed by atoms with E-state index in [4.69, 9.17) is 0 Å². The van der Waals surface area contributed by atoms with Crippen molar-refractivity contribution in [1.29, 1.82) is 0 Å². The third-order valence-corrected chi connectivity index (χ3v) is 19.8. The number of nitrogens with zero attached hydrogens (tertiary/aromatic N) is 3. The van der Waals surface area contributed by atoms with Crippen molar-refractivity contribution in [2.24, 2.45) is 0 Å². The van der Waals surface area contributed by atoms with Gasteiger partial charge in [-0.3, -0.25) is 0 Å². The summed E-state index contributed by atoms with van der Waals surface area (Å²) < 4.78 is 2.84. The van der Waals surface area contributed by atoms with Crippen LogP contribution in [-0.2, 0) is 34.5 Å². The smallest absolute Gasteiger partial charge is 0.264 e. The van der Waals surface area contributed by atoms with E-state index in [1.807, 2.05) is 11.3 Å². The van der Waals surface area contributed by atoms with Crippen molar-refractivity contribution in [1.82, 2.24) is 0 Å². The lowest BCUT2D eigenvalue weighted by molar-refractivity contribution is 0.332. The number of thiophene rings is 1. The molecule has 6 aliphatic rings. The van der Waals surface area contributed by atoms with Crippen LogP contribution in [0.4, 0.5) is 39.8 Å². The quantitative estimate of drug-likeness (QED) is 0.163. The zero-order valence-electron chi connectivity index (χ0n) is 43.1. The van der Waals surface area contributed by atoms with E-state index in [9.17, 15) is 0 Å². The van der Waals surface area contributed by atoms with Gasteiger partial charge in [0, 0.05) is 62.1 Å². The van der Waals surface area contributed by atoms with Gasteiger partial charge in [0.25, 0.3) is 6.71 Å². The van der Waals surface area contributed by atoms with Crippen molar-refractivity contribution >= 4 is 83.6 Å². The summed E-state index contributed by atoms with van der Waals surface area (Å²) >= 11 is 2.05. The Kier molecular flexibility index (Phi) is 9.39. The molecule has 354 valence electrons. The Morgan fingerprint density at radius 1 is 0.451 bits per heavy atom. The van der Waals surface area contributed by atoms with Crippen molar-refractivity contribution in [2.75, 3.05) is 27.8 Å². The van der Waals surface area contributed by atoms with E-state index in [0.29, 0.717) is 0 Å². The monoisotopic (exact) mass is 944 g/mol. The van der Waals surface area contributed by atoms with Crippen LogP contribution in [-0.4, -0.2) is 19.8 Å². The second-order valence-corrected chi connectivity index (χ2v) is 25.8. The molecule has 1 aromatic heterocycles. The molecule has 0 radical (unpaired) electrons. The molecule has 3 nitrogen and oxygen atoms in total. The average Bonchev–Trinajstić information content (AvgIpc) is 3.77. The van der Waals surface area contributed by atoms with E-state index < -0.39 is 0 Å². The topological polar surface area (TPSA) is 9.72 Å². The van der Waals surface area contributed by atoms with Gasteiger partial charge < -0.3 is 14.7 Å². The van der Waals surface area contributed by atoms with Gasteiger partial charge in [-0.25, -0.2) is 0 Å². The highest BCUT2D eigenvalue weighted by Crippen LogP contribution is 2.58. The summed E-state index contributed by atoms with van der Waals surface area (Å²) in [6, 6.07) is 52.2. The van der Waals surface area contributed by atoms with E-state index in [2.05, 4.69) is 204 Å². The Morgan fingerprint density at radius 2 is 0.986 bits per heavy atom. The molecule has 0 saturated heterocycles.